The quantitative estimate of drug-likeness (QED) is 0.626. The summed E-state index contributed by atoms with van der Waals surface area (Å²) in [5.74, 6) is -0.395. The van der Waals surface area contributed by atoms with Crippen LogP contribution in [0.3, 0.4) is 0 Å². The number of carbonyl (C=O) groups excluding carboxylic acids is 1. The number of nitrogens with zero attached hydrogens (tertiary/aromatic N) is 2. The van der Waals surface area contributed by atoms with E-state index in [0.29, 0.717) is 4.88 Å². The number of anilines is 2. The molecule has 0 radical (unpaired) electrons. The maximum absolute atomic E-state index is 12.9. The number of aromatic amines is 1. The molecular weight excluding hydrogens is 432 g/mol. The van der Waals surface area contributed by atoms with Gasteiger partial charge >= 0.3 is 5.69 Å². The maximum Gasteiger partial charge on any atom is 0.330 e. The van der Waals surface area contributed by atoms with Gasteiger partial charge < -0.3 is 10.6 Å². The van der Waals surface area contributed by atoms with Gasteiger partial charge in [0.25, 0.3) is 11.5 Å². The number of H-pyrrole nitrogens is 1. The molecule has 2 heterocycles. The van der Waals surface area contributed by atoms with Crippen molar-refractivity contribution in [1.82, 2.24) is 9.55 Å². The zero-order valence-corrected chi connectivity index (χ0v) is 16.8. The lowest BCUT2D eigenvalue weighted by molar-refractivity contribution is 0.0992. The molecule has 1 aromatic carbocycles. The van der Waals surface area contributed by atoms with Crippen LogP contribution in [-0.2, 0) is 6.54 Å². The van der Waals surface area contributed by atoms with E-state index in [1.165, 1.54) is 20.8 Å². The highest BCUT2D eigenvalue weighted by molar-refractivity contribution is 9.11. The molecule has 0 saturated heterocycles. The van der Waals surface area contributed by atoms with Gasteiger partial charge in [-0.2, -0.15) is 0 Å². The number of amides is 1. The molecule has 2 aromatic heterocycles. The van der Waals surface area contributed by atoms with Crippen LogP contribution in [0.15, 0.2) is 55.8 Å². The molecule has 0 fully saturated rings. The van der Waals surface area contributed by atoms with Crippen LogP contribution in [-0.4, -0.2) is 22.0 Å². The zero-order chi connectivity index (χ0) is 19.6. The van der Waals surface area contributed by atoms with E-state index in [4.69, 9.17) is 5.73 Å². The summed E-state index contributed by atoms with van der Waals surface area (Å²) in [6.45, 7) is 2.16. The molecule has 0 aliphatic carbocycles. The van der Waals surface area contributed by atoms with Crippen LogP contribution in [0.25, 0.3) is 0 Å². The van der Waals surface area contributed by atoms with E-state index in [0.717, 1.165) is 9.35 Å². The first-order chi connectivity index (χ1) is 12.9. The number of thiophene rings is 1. The number of nitrogens with two attached hydrogens (primary N) is 1. The van der Waals surface area contributed by atoms with E-state index in [-0.39, 0.29) is 30.5 Å². The van der Waals surface area contributed by atoms with E-state index in [1.54, 1.807) is 19.1 Å². The molecule has 0 bridgehead atoms. The van der Waals surface area contributed by atoms with Crippen LogP contribution >= 0.6 is 27.3 Å². The average molecular weight is 449 g/mol. The average Bonchev–Trinajstić information content (AvgIpc) is 3.09. The van der Waals surface area contributed by atoms with Crippen molar-refractivity contribution in [2.45, 2.75) is 13.5 Å². The van der Waals surface area contributed by atoms with Crippen LogP contribution in [0.2, 0.25) is 0 Å². The summed E-state index contributed by atoms with van der Waals surface area (Å²) in [4.78, 5) is 41.6. The van der Waals surface area contributed by atoms with Gasteiger partial charge in [0, 0.05) is 6.54 Å². The van der Waals surface area contributed by atoms with E-state index in [2.05, 4.69) is 20.9 Å². The summed E-state index contributed by atoms with van der Waals surface area (Å²) < 4.78 is 2.06. The Hall–Kier alpha value is -2.65. The molecule has 1 amide bonds. The van der Waals surface area contributed by atoms with Gasteiger partial charge in [-0.05, 0) is 40.5 Å². The second-order valence-electron chi connectivity index (χ2n) is 5.72. The normalized spacial score (nSPS) is 10.7. The number of hydrogen-bond acceptors (Lipinski definition) is 5. The maximum atomic E-state index is 12.9. The molecule has 0 saturated carbocycles. The van der Waals surface area contributed by atoms with Crippen LogP contribution in [0.5, 0.6) is 0 Å². The van der Waals surface area contributed by atoms with Crippen molar-refractivity contribution < 1.29 is 4.79 Å². The van der Waals surface area contributed by atoms with Crippen molar-refractivity contribution in [2.24, 2.45) is 0 Å². The van der Waals surface area contributed by atoms with Crippen molar-refractivity contribution in [1.29, 1.82) is 0 Å². The fraction of sp³-hybridized carbons (Fsp3) is 0.167. The number of carbonyl (C=O) groups is 1. The minimum Gasteiger partial charge on any atom is -0.383 e. The molecule has 3 rings (SSSR count). The number of hydrogen-bond donors (Lipinski definition) is 2. The molecule has 9 heteroatoms. The Bertz CT molecular complexity index is 1090. The van der Waals surface area contributed by atoms with Crippen molar-refractivity contribution in [2.75, 3.05) is 17.2 Å². The summed E-state index contributed by atoms with van der Waals surface area (Å²) in [5, 5.41) is 0. The topological polar surface area (TPSA) is 101 Å². The molecule has 0 aliphatic heterocycles. The Balaban J connectivity index is 2.08. The number of aromatic nitrogens is 2. The monoisotopic (exact) mass is 448 g/mol. The molecule has 27 heavy (non-hydrogen) atoms. The fourth-order valence-corrected chi connectivity index (χ4v) is 4.06. The van der Waals surface area contributed by atoms with Gasteiger partial charge in [0.2, 0.25) is 0 Å². The molecule has 3 aromatic rings. The number of halogens is 1. The van der Waals surface area contributed by atoms with Crippen LogP contribution in [0.1, 0.15) is 22.2 Å². The molecule has 0 aliphatic rings. The van der Waals surface area contributed by atoms with Crippen molar-refractivity contribution in [3.05, 3.63) is 77.5 Å². The molecule has 3 N–H and O–H groups in total. The second kappa shape index (κ2) is 7.93. The van der Waals surface area contributed by atoms with Crippen LogP contribution in [0.4, 0.5) is 11.5 Å². The molecule has 140 valence electrons. The lowest BCUT2D eigenvalue weighted by Crippen LogP contribution is -2.41. The van der Waals surface area contributed by atoms with Gasteiger partial charge in [-0.25, -0.2) is 4.79 Å². The largest absolute Gasteiger partial charge is 0.383 e. The van der Waals surface area contributed by atoms with E-state index in [9.17, 15) is 14.4 Å². The first kappa shape index (κ1) is 19.1. The summed E-state index contributed by atoms with van der Waals surface area (Å²) in [5.41, 5.74) is 5.69. The number of nitrogens with one attached hydrogen (secondary N) is 1. The second-order valence-corrected chi connectivity index (χ2v) is 8.18. The Morgan fingerprint density at radius 2 is 1.93 bits per heavy atom. The third-order valence-corrected chi connectivity index (χ3v) is 5.62. The highest BCUT2D eigenvalue weighted by atomic mass is 79.9. The smallest absolute Gasteiger partial charge is 0.330 e. The Kier molecular flexibility index (Phi) is 5.62. The predicted octanol–water partition coefficient (Wildman–Crippen LogP) is 2.66. The summed E-state index contributed by atoms with van der Waals surface area (Å²) >= 11 is 4.58. The third-order valence-electron chi connectivity index (χ3n) is 4.01. The minimum absolute atomic E-state index is 0.0254. The lowest BCUT2D eigenvalue weighted by Gasteiger charge is -2.22. The van der Waals surface area contributed by atoms with E-state index in [1.807, 2.05) is 30.3 Å². The third kappa shape index (κ3) is 3.88. The minimum atomic E-state index is -0.687. The molecule has 7 nitrogen and oxygen atoms in total. The summed E-state index contributed by atoms with van der Waals surface area (Å²) in [6.07, 6.45) is 0. The zero-order valence-electron chi connectivity index (χ0n) is 14.4. The Labute approximate surface area is 167 Å². The van der Waals surface area contributed by atoms with Crippen molar-refractivity contribution in [3.8, 4) is 0 Å². The van der Waals surface area contributed by atoms with E-state index < -0.39 is 11.2 Å². The number of nitrogen functional groups attached to an aromatic ring is 1. The van der Waals surface area contributed by atoms with E-state index >= 15 is 0 Å². The molecular formula is C18H17BrN4O3S. The molecule has 0 spiro atoms. The number of rotatable bonds is 5. The van der Waals surface area contributed by atoms with Gasteiger partial charge in [0.15, 0.2) is 5.69 Å². The lowest BCUT2D eigenvalue weighted by atomic mass is 10.2. The predicted molar refractivity (Wildman–Crippen MR) is 111 cm³/mol. The Morgan fingerprint density at radius 1 is 1.22 bits per heavy atom. The SMILES string of the molecule is CCN(C(=O)c1ccc(Br)s1)c1c(N)n(Cc2ccccc2)c(=O)[nH]c1=O. The Morgan fingerprint density at radius 3 is 2.52 bits per heavy atom. The highest BCUT2D eigenvalue weighted by Gasteiger charge is 2.25. The first-order valence-electron chi connectivity index (χ1n) is 8.16. The molecule has 0 atom stereocenters. The van der Waals surface area contributed by atoms with Gasteiger partial charge in [-0.1, -0.05) is 30.3 Å². The molecule has 0 unspecified atom stereocenters. The van der Waals surface area contributed by atoms with Gasteiger partial charge in [-0.3, -0.25) is 19.1 Å². The van der Waals surface area contributed by atoms with Gasteiger partial charge in [0.1, 0.15) is 5.82 Å². The fourth-order valence-electron chi connectivity index (χ4n) is 2.73. The van der Waals surface area contributed by atoms with Crippen molar-refractivity contribution >= 4 is 44.7 Å². The highest BCUT2D eigenvalue weighted by Crippen LogP contribution is 2.26. The van der Waals surface area contributed by atoms with Crippen molar-refractivity contribution in [3.63, 3.8) is 0 Å². The summed E-state index contributed by atoms with van der Waals surface area (Å²) in [6, 6.07) is 12.7. The van der Waals surface area contributed by atoms with Gasteiger partial charge in [0.05, 0.1) is 15.2 Å². The standard InChI is InChI=1S/C18H17BrN4O3S/c1-2-22(17(25)12-8-9-13(19)27-12)14-15(20)23(18(26)21-16(14)24)10-11-6-4-3-5-7-11/h3-9H,2,10,20H2,1H3,(H,21,24,26). The van der Waals surface area contributed by atoms with Gasteiger partial charge in [-0.15, -0.1) is 11.3 Å². The number of benzene rings is 1. The van der Waals surface area contributed by atoms with Crippen LogP contribution < -0.4 is 21.9 Å². The summed E-state index contributed by atoms with van der Waals surface area (Å²) in [7, 11) is 0. The van der Waals surface area contributed by atoms with Crippen LogP contribution in [0, 0.1) is 0 Å². The first-order valence-corrected chi connectivity index (χ1v) is 9.77.